The lowest BCUT2D eigenvalue weighted by atomic mass is 9.81. The highest BCUT2D eigenvalue weighted by Gasteiger charge is 2.45. The van der Waals surface area contributed by atoms with Gasteiger partial charge in [-0.1, -0.05) is 67.4 Å². The lowest BCUT2D eigenvalue weighted by molar-refractivity contribution is -0.648. The minimum absolute atomic E-state index is 0.591. The second kappa shape index (κ2) is 8.16. The van der Waals surface area contributed by atoms with Crippen LogP contribution in [0.1, 0.15) is 25.2 Å². The third-order valence-electron chi connectivity index (χ3n) is 7.08. The summed E-state index contributed by atoms with van der Waals surface area (Å²) < 4.78 is 43.0. The number of fused-ring (bicyclic) bond motifs is 5. The molecule has 0 spiro atoms. The van der Waals surface area contributed by atoms with Crippen LogP contribution in [0.3, 0.4) is 0 Å². The van der Waals surface area contributed by atoms with Crippen LogP contribution in [-0.2, 0) is 12.5 Å². The van der Waals surface area contributed by atoms with Gasteiger partial charge in [0.1, 0.15) is 12.1 Å². The zero-order chi connectivity index (χ0) is 25.9. The normalized spacial score (nSPS) is 16.6. The van der Waals surface area contributed by atoms with E-state index < -0.39 is 18.1 Å². The van der Waals surface area contributed by atoms with Crippen molar-refractivity contribution < 1.29 is 17.7 Å². The molecule has 6 rings (SSSR count). The van der Waals surface area contributed by atoms with Crippen molar-refractivity contribution in [3.63, 3.8) is 0 Å². The number of nitrogens with zero attached hydrogens (tertiary/aromatic N) is 4. The molecule has 8 heteroatoms. The van der Waals surface area contributed by atoms with Gasteiger partial charge in [-0.25, -0.2) is 9.55 Å². The van der Waals surface area contributed by atoms with Crippen LogP contribution in [0, 0.1) is 0 Å². The largest absolute Gasteiger partial charge is 0.406 e. The van der Waals surface area contributed by atoms with E-state index in [1.165, 1.54) is 4.90 Å². The van der Waals surface area contributed by atoms with E-state index >= 15 is 0 Å². The van der Waals surface area contributed by atoms with Crippen molar-refractivity contribution in [2.45, 2.75) is 25.4 Å². The first-order valence-corrected chi connectivity index (χ1v) is 12.0. The summed E-state index contributed by atoms with van der Waals surface area (Å²) in [6.45, 7) is 2.91. The van der Waals surface area contributed by atoms with Crippen LogP contribution < -0.4 is 9.47 Å². The van der Waals surface area contributed by atoms with E-state index in [9.17, 15) is 13.2 Å². The Morgan fingerprint density at radius 2 is 1.68 bits per heavy atom. The van der Waals surface area contributed by atoms with Crippen LogP contribution in [0.5, 0.6) is 0 Å². The fourth-order valence-electron chi connectivity index (χ4n) is 5.40. The molecular weight excluding hydrogens is 475 g/mol. The number of allylic oxidation sites excluding steroid dienone is 3. The first-order valence-electron chi connectivity index (χ1n) is 12.0. The molecule has 5 aromatic rings. The molecule has 186 valence electrons. The number of aromatic amines is 1. The summed E-state index contributed by atoms with van der Waals surface area (Å²) in [6, 6.07) is 19.2. The van der Waals surface area contributed by atoms with Crippen LogP contribution in [0.25, 0.3) is 39.2 Å². The van der Waals surface area contributed by atoms with Crippen molar-refractivity contribution >= 4 is 44.9 Å². The van der Waals surface area contributed by atoms with Gasteiger partial charge in [-0.2, -0.15) is 13.2 Å². The number of hydrogen-bond acceptors (Lipinski definition) is 3. The maximum absolute atomic E-state index is 13.7. The highest BCUT2D eigenvalue weighted by Crippen LogP contribution is 2.51. The van der Waals surface area contributed by atoms with Gasteiger partial charge in [0.15, 0.2) is 5.52 Å². The molecule has 1 aliphatic heterocycles. The van der Waals surface area contributed by atoms with Crippen LogP contribution in [0.15, 0.2) is 78.5 Å². The number of nitrogens with one attached hydrogen (secondary N) is 1. The Morgan fingerprint density at radius 3 is 2.43 bits per heavy atom. The Hall–Kier alpha value is -4.20. The van der Waals surface area contributed by atoms with E-state index in [1.807, 2.05) is 86.1 Å². The van der Waals surface area contributed by atoms with Crippen LogP contribution in [0.4, 0.5) is 18.9 Å². The van der Waals surface area contributed by atoms with Gasteiger partial charge in [-0.3, -0.25) is 4.98 Å². The summed E-state index contributed by atoms with van der Waals surface area (Å²) in [4.78, 5) is 14.0. The second-order valence-electron chi connectivity index (χ2n) is 9.87. The number of H-pyrrole nitrogens is 1. The standard InChI is InChI=1S/C29H24F3N5/c1-28(2)23(37(17-29(30,31)32)22-16-15-18-9-4-5-10-19(18)25(22)28)13-8-14-24-35-26-27(36(24)3)34-21-12-7-6-11-20(21)33-26/h4-16H,17H2,1-3H3/p+1. The van der Waals surface area contributed by atoms with E-state index in [1.54, 1.807) is 18.2 Å². The minimum atomic E-state index is -4.35. The number of imidazole rings is 1. The fraction of sp³-hybridized carbons (Fsp3) is 0.207. The van der Waals surface area contributed by atoms with Crippen molar-refractivity contribution in [1.82, 2.24) is 15.0 Å². The van der Waals surface area contributed by atoms with Crippen molar-refractivity contribution in [3.05, 3.63) is 89.9 Å². The molecule has 0 radical (unpaired) electrons. The summed E-state index contributed by atoms with van der Waals surface area (Å²) >= 11 is 0. The molecule has 0 saturated carbocycles. The summed E-state index contributed by atoms with van der Waals surface area (Å²) in [6.07, 6.45) is 1.06. The maximum atomic E-state index is 13.7. The average Bonchev–Trinajstić information content (AvgIpc) is 3.27. The Bertz CT molecular complexity index is 1740. The molecular formula is C29H25F3N5+. The molecule has 0 bridgehead atoms. The molecule has 5 nitrogen and oxygen atoms in total. The zero-order valence-electron chi connectivity index (χ0n) is 20.6. The van der Waals surface area contributed by atoms with Crippen molar-refractivity contribution in [2.75, 3.05) is 11.4 Å². The quantitative estimate of drug-likeness (QED) is 0.294. The first kappa shape index (κ1) is 23.2. The minimum Gasteiger partial charge on any atom is -0.335 e. The highest BCUT2D eigenvalue weighted by molar-refractivity contribution is 5.95. The van der Waals surface area contributed by atoms with E-state index in [0.717, 1.165) is 33.2 Å². The molecule has 3 aromatic carbocycles. The Morgan fingerprint density at radius 1 is 0.973 bits per heavy atom. The summed E-state index contributed by atoms with van der Waals surface area (Å²) in [5.74, 6) is 0.739. The number of para-hydroxylation sites is 2. The van der Waals surface area contributed by atoms with Crippen molar-refractivity contribution in [2.24, 2.45) is 7.05 Å². The number of aromatic nitrogens is 4. The van der Waals surface area contributed by atoms with E-state index in [2.05, 4.69) is 9.97 Å². The van der Waals surface area contributed by atoms with Gasteiger partial charge in [-0.15, -0.1) is 0 Å². The third-order valence-corrected chi connectivity index (χ3v) is 7.08. The lowest BCUT2D eigenvalue weighted by Crippen LogP contribution is -2.34. The van der Waals surface area contributed by atoms with Gasteiger partial charge in [-0.05, 0) is 40.6 Å². The number of benzene rings is 3. The maximum Gasteiger partial charge on any atom is 0.406 e. The molecule has 2 aromatic heterocycles. The number of alkyl halides is 3. The SMILES string of the molecule is C[n+]1c(C=CC=C2N(CC(F)(F)F)c3ccc4ccccc4c3C2(C)C)[nH]c2nc3ccccc3nc21. The number of rotatable bonds is 3. The van der Waals surface area contributed by atoms with Gasteiger partial charge in [0.05, 0.1) is 7.05 Å². The van der Waals surface area contributed by atoms with Gasteiger partial charge in [0.2, 0.25) is 5.82 Å². The number of hydrogen-bond donors (Lipinski definition) is 1. The molecule has 0 amide bonds. The van der Waals surface area contributed by atoms with Crippen LogP contribution >= 0.6 is 0 Å². The molecule has 0 aliphatic carbocycles. The molecule has 0 unspecified atom stereocenters. The molecule has 3 heterocycles. The van der Waals surface area contributed by atoms with Crippen LogP contribution in [-0.4, -0.2) is 27.7 Å². The third kappa shape index (κ3) is 3.84. The predicted molar refractivity (Wildman–Crippen MR) is 140 cm³/mol. The molecule has 0 fully saturated rings. The number of aryl methyl sites for hydroxylation is 1. The predicted octanol–water partition coefficient (Wildman–Crippen LogP) is 6.35. The monoisotopic (exact) mass is 500 g/mol. The van der Waals surface area contributed by atoms with E-state index in [4.69, 9.17) is 4.98 Å². The number of halogens is 3. The Labute approximate surface area is 211 Å². The first-order chi connectivity index (χ1) is 17.6. The summed E-state index contributed by atoms with van der Waals surface area (Å²) in [5, 5.41) is 1.98. The van der Waals surface area contributed by atoms with Crippen molar-refractivity contribution in [1.29, 1.82) is 0 Å². The Kier molecular flexibility index (Phi) is 5.12. The van der Waals surface area contributed by atoms with E-state index in [-0.39, 0.29) is 0 Å². The van der Waals surface area contributed by atoms with Gasteiger partial charge in [0, 0.05) is 22.9 Å². The van der Waals surface area contributed by atoms with Crippen molar-refractivity contribution in [3.8, 4) is 0 Å². The van der Waals surface area contributed by atoms with Crippen LogP contribution in [0.2, 0.25) is 0 Å². The van der Waals surface area contributed by atoms with E-state index in [0.29, 0.717) is 22.7 Å². The molecule has 1 aliphatic rings. The summed E-state index contributed by atoms with van der Waals surface area (Å²) in [5.41, 5.74) is 4.39. The highest BCUT2D eigenvalue weighted by atomic mass is 19.4. The topological polar surface area (TPSA) is 48.7 Å². The van der Waals surface area contributed by atoms with Gasteiger partial charge < -0.3 is 4.90 Å². The second-order valence-corrected chi connectivity index (χ2v) is 9.87. The lowest BCUT2D eigenvalue weighted by Gasteiger charge is -2.27. The molecule has 1 N–H and O–H groups in total. The average molecular weight is 501 g/mol. The number of anilines is 1. The van der Waals surface area contributed by atoms with Gasteiger partial charge >= 0.3 is 11.8 Å². The molecule has 0 saturated heterocycles. The zero-order valence-corrected chi connectivity index (χ0v) is 20.6. The molecule has 0 atom stereocenters. The Balaban J connectivity index is 1.45. The fourth-order valence-corrected chi connectivity index (χ4v) is 5.40. The van der Waals surface area contributed by atoms with Gasteiger partial charge in [0.25, 0.3) is 5.65 Å². The molecule has 37 heavy (non-hydrogen) atoms. The summed E-state index contributed by atoms with van der Waals surface area (Å²) in [7, 11) is 1.88. The smallest absolute Gasteiger partial charge is 0.335 e.